The first kappa shape index (κ1) is 33.3. The number of aromatic nitrogens is 5. The van der Waals surface area contributed by atoms with Gasteiger partial charge >= 0.3 is 0 Å². The molecule has 0 radical (unpaired) electrons. The van der Waals surface area contributed by atoms with Crippen LogP contribution in [0.15, 0.2) is 200 Å². The van der Waals surface area contributed by atoms with Gasteiger partial charge in [0.15, 0.2) is 23.3 Å². The summed E-state index contributed by atoms with van der Waals surface area (Å²) in [5, 5.41) is 0. The molecule has 2 heterocycles. The Labute approximate surface area is 319 Å². The molecule has 0 N–H and O–H groups in total. The Morgan fingerprint density at radius 2 is 0.582 bits per heavy atom. The minimum absolute atomic E-state index is 0.549. The lowest BCUT2D eigenvalue weighted by molar-refractivity contribution is 0.483. The quantitative estimate of drug-likeness (QED) is 0.149. The van der Waals surface area contributed by atoms with Crippen molar-refractivity contribution in [3.63, 3.8) is 0 Å². The topological polar surface area (TPSA) is 73.7 Å². The van der Waals surface area contributed by atoms with Crippen molar-refractivity contribution in [1.29, 1.82) is 0 Å². The maximum absolute atomic E-state index is 6.50. The summed E-state index contributed by atoms with van der Waals surface area (Å²) in [5.74, 6) is 3.65. The van der Waals surface area contributed by atoms with Gasteiger partial charge in [-0.1, -0.05) is 164 Å². The highest BCUT2D eigenvalue weighted by Crippen LogP contribution is 2.33. The van der Waals surface area contributed by atoms with E-state index in [9.17, 15) is 0 Å². The molecule has 55 heavy (non-hydrogen) atoms. The van der Waals surface area contributed by atoms with Gasteiger partial charge in [-0.3, -0.25) is 0 Å². The second kappa shape index (κ2) is 15.2. The van der Waals surface area contributed by atoms with E-state index in [0.717, 1.165) is 55.9 Å². The van der Waals surface area contributed by atoms with Crippen LogP contribution in [0.25, 0.3) is 79.2 Å². The van der Waals surface area contributed by atoms with E-state index in [1.54, 1.807) is 0 Å². The van der Waals surface area contributed by atoms with Crippen LogP contribution in [0.2, 0.25) is 0 Å². The molecule has 0 fully saturated rings. The lowest BCUT2D eigenvalue weighted by Crippen LogP contribution is -2.00. The first-order valence-electron chi connectivity index (χ1n) is 18.1. The van der Waals surface area contributed by atoms with Crippen molar-refractivity contribution in [3.05, 3.63) is 200 Å². The Morgan fingerprint density at radius 1 is 0.236 bits per heavy atom. The molecule has 0 unspecified atom stereocenters. The number of rotatable bonds is 9. The van der Waals surface area contributed by atoms with Crippen molar-refractivity contribution in [2.75, 3.05) is 0 Å². The van der Waals surface area contributed by atoms with Crippen molar-refractivity contribution >= 4 is 0 Å². The molecule has 0 aliphatic heterocycles. The molecule has 9 rings (SSSR count). The summed E-state index contributed by atoms with van der Waals surface area (Å²) in [6.07, 6.45) is 0. The predicted octanol–water partition coefficient (Wildman–Crippen LogP) is 12.1. The summed E-state index contributed by atoms with van der Waals surface area (Å²) < 4.78 is 6.50. The predicted molar refractivity (Wildman–Crippen MR) is 220 cm³/mol. The monoisotopic (exact) mass is 707 g/mol. The molecular formula is C49H33N5O. The largest absolute Gasteiger partial charge is 0.457 e. The number of benzene rings is 7. The van der Waals surface area contributed by atoms with Gasteiger partial charge < -0.3 is 4.74 Å². The van der Waals surface area contributed by atoms with Gasteiger partial charge in [-0.25, -0.2) is 24.9 Å². The fourth-order valence-corrected chi connectivity index (χ4v) is 6.44. The van der Waals surface area contributed by atoms with E-state index in [0.29, 0.717) is 34.8 Å². The average Bonchev–Trinajstić information content (AvgIpc) is 3.27. The van der Waals surface area contributed by atoms with Crippen molar-refractivity contribution in [2.24, 2.45) is 0 Å². The van der Waals surface area contributed by atoms with Gasteiger partial charge in [0, 0.05) is 33.4 Å². The first-order chi connectivity index (χ1) is 27.2. The molecule has 0 atom stereocenters. The highest BCUT2D eigenvalue weighted by Gasteiger charge is 2.15. The SMILES string of the molecule is c1ccc(-c2cccc(-c3nc(-c4ccccc4)nc(-c4cccc(Oc5cccc(-c6nc(-c7ccccc7)cc(-c7ccccc7)n6)c5)c4)n3)c2)cc1. The molecule has 0 aliphatic carbocycles. The molecule has 9 aromatic rings. The molecule has 0 aliphatic rings. The van der Waals surface area contributed by atoms with Crippen LogP contribution < -0.4 is 4.74 Å². The average molecular weight is 708 g/mol. The Bertz CT molecular complexity index is 2660. The molecular weight excluding hydrogens is 675 g/mol. The van der Waals surface area contributed by atoms with Gasteiger partial charge in [0.2, 0.25) is 0 Å². The molecule has 7 aromatic carbocycles. The van der Waals surface area contributed by atoms with E-state index < -0.39 is 0 Å². The fraction of sp³-hybridized carbons (Fsp3) is 0. The van der Waals surface area contributed by atoms with E-state index in [2.05, 4.69) is 48.5 Å². The zero-order chi connectivity index (χ0) is 36.8. The third-order valence-corrected chi connectivity index (χ3v) is 9.18. The highest BCUT2D eigenvalue weighted by atomic mass is 16.5. The fourth-order valence-electron chi connectivity index (χ4n) is 6.44. The molecule has 6 nitrogen and oxygen atoms in total. The number of ether oxygens (including phenoxy) is 1. The second-order valence-corrected chi connectivity index (χ2v) is 13.0. The highest BCUT2D eigenvalue weighted by molar-refractivity contribution is 5.74. The Kier molecular flexibility index (Phi) is 9.19. The molecule has 0 amide bonds. The maximum atomic E-state index is 6.50. The third-order valence-electron chi connectivity index (χ3n) is 9.18. The standard InChI is InChI=1S/C49H33N5O/c1-5-16-34(17-6-1)38-24-13-25-39(30-38)48-52-46(37-22-11-4-12-23-37)53-49(54-48)41-27-15-29-43(32-41)55-42-28-14-26-40(31-42)47-50-44(35-18-7-2-8-19-35)33-45(51-47)36-20-9-3-10-21-36/h1-33H. The lowest BCUT2D eigenvalue weighted by Gasteiger charge is -2.12. The van der Waals surface area contributed by atoms with E-state index >= 15 is 0 Å². The first-order valence-corrected chi connectivity index (χ1v) is 18.1. The van der Waals surface area contributed by atoms with E-state index in [1.807, 2.05) is 152 Å². The molecule has 0 spiro atoms. The van der Waals surface area contributed by atoms with Gasteiger partial charge in [-0.05, 0) is 47.5 Å². The number of nitrogens with zero attached hydrogens (tertiary/aromatic N) is 5. The number of hydrogen-bond donors (Lipinski definition) is 0. The second-order valence-electron chi connectivity index (χ2n) is 13.0. The minimum atomic E-state index is 0.549. The molecule has 0 bridgehead atoms. The van der Waals surface area contributed by atoms with Crippen molar-refractivity contribution in [1.82, 2.24) is 24.9 Å². The van der Waals surface area contributed by atoms with Crippen LogP contribution in [0.5, 0.6) is 11.5 Å². The van der Waals surface area contributed by atoms with Crippen LogP contribution in [0.1, 0.15) is 0 Å². The molecule has 6 heteroatoms. The van der Waals surface area contributed by atoms with Gasteiger partial charge in [0.1, 0.15) is 11.5 Å². The normalized spacial score (nSPS) is 10.9. The van der Waals surface area contributed by atoms with Crippen LogP contribution in [0.3, 0.4) is 0 Å². The van der Waals surface area contributed by atoms with E-state index in [4.69, 9.17) is 29.7 Å². The Balaban J connectivity index is 1.06. The van der Waals surface area contributed by atoms with Crippen LogP contribution in [0.4, 0.5) is 0 Å². The van der Waals surface area contributed by atoms with Crippen LogP contribution in [0, 0.1) is 0 Å². The van der Waals surface area contributed by atoms with Gasteiger partial charge in [0.25, 0.3) is 0 Å². The summed E-state index contributed by atoms with van der Waals surface area (Å²) in [6.45, 7) is 0. The Morgan fingerprint density at radius 3 is 1.07 bits per heavy atom. The van der Waals surface area contributed by atoms with Crippen molar-refractivity contribution in [3.8, 4) is 90.7 Å². The van der Waals surface area contributed by atoms with Crippen molar-refractivity contribution < 1.29 is 4.74 Å². The van der Waals surface area contributed by atoms with Gasteiger partial charge in [-0.15, -0.1) is 0 Å². The molecule has 260 valence electrons. The summed E-state index contributed by atoms with van der Waals surface area (Å²) in [7, 11) is 0. The molecule has 0 saturated carbocycles. The summed E-state index contributed by atoms with van der Waals surface area (Å²) >= 11 is 0. The van der Waals surface area contributed by atoms with Crippen LogP contribution in [-0.2, 0) is 0 Å². The minimum Gasteiger partial charge on any atom is -0.457 e. The summed E-state index contributed by atoms with van der Waals surface area (Å²) in [5.41, 5.74) is 9.42. The molecule has 2 aromatic heterocycles. The van der Waals surface area contributed by atoms with Gasteiger partial charge in [-0.2, -0.15) is 0 Å². The smallest absolute Gasteiger partial charge is 0.164 e. The number of hydrogen-bond acceptors (Lipinski definition) is 6. The summed E-state index contributed by atoms with van der Waals surface area (Å²) in [6, 6.07) is 66.7. The third kappa shape index (κ3) is 7.52. The maximum Gasteiger partial charge on any atom is 0.164 e. The van der Waals surface area contributed by atoms with E-state index in [1.165, 1.54) is 0 Å². The lowest BCUT2D eigenvalue weighted by atomic mass is 10.0. The summed E-state index contributed by atoms with van der Waals surface area (Å²) in [4.78, 5) is 24.9. The zero-order valence-electron chi connectivity index (χ0n) is 29.7. The van der Waals surface area contributed by atoms with E-state index in [-0.39, 0.29) is 0 Å². The van der Waals surface area contributed by atoms with Gasteiger partial charge in [0.05, 0.1) is 11.4 Å². The zero-order valence-corrected chi connectivity index (χ0v) is 29.7. The van der Waals surface area contributed by atoms with Crippen LogP contribution >= 0.6 is 0 Å². The van der Waals surface area contributed by atoms with Crippen LogP contribution in [-0.4, -0.2) is 24.9 Å². The van der Waals surface area contributed by atoms with Crippen molar-refractivity contribution in [2.45, 2.75) is 0 Å². The Hall–Kier alpha value is -7.57. The molecule has 0 saturated heterocycles.